The first-order valence-electron chi connectivity index (χ1n) is 4.74. The number of aromatic amines is 1. The molecule has 16 heavy (non-hydrogen) atoms. The van der Waals surface area contributed by atoms with E-state index in [0.29, 0.717) is 5.69 Å². The first-order chi connectivity index (χ1) is 7.95. The van der Waals surface area contributed by atoms with E-state index in [0.717, 1.165) is 17.0 Å². The van der Waals surface area contributed by atoms with Gasteiger partial charge in [-0.15, -0.1) is 5.10 Å². The Bertz CT molecular complexity index is 571. The van der Waals surface area contributed by atoms with Crippen molar-refractivity contribution in [1.29, 1.82) is 0 Å². The van der Waals surface area contributed by atoms with Gasteiger partial charge in [-0.05, 0) is 0 Å². The predicted octanol–water partition coefficient (Wildman–Crippen LogP) is 1.93. The van der Waals surface area contributed by atoms with Crippen LogP contribution in [0.1, 0.15) is 0 Å². The van der Waals surface area contributed by atoms with Crippen LogP contribution in [0.15, 0.2) is 41.1 Å². The van der Waals surface area contributed by atoms with E-state index in [1.165, 1.54) is 6.26 Å². The summed E-state index contributed by atoms with van der Waals surface area (Å²) in [6.07, 6.45) is 4.17. The summed E-state index contributed by atoms with van der Waals surface area (Å²) in [5.41, 5.74) is 3.16. The van der Waals surface area contributed by atoms with Crippen molar-refractivity contribution in [2.75, 3.05) is 0 Å². The number of aromatic nitrogens is 4. The van der Waals surface area contributed by atoms with Crippen LogP contribution in [-0.4, -0.2) is 20.3 Å². The Balaban J connectivity index is 2.14. The predicted molar refractivity (Wildman–Crippen MR) is 56.2 cm³/mol. The van der Waals surface area contributed by atoms with Crippen molar-refractivity contribution in [3.05, 3.63) is 42.9 Å². The first kappa shape index (κ1) is 8.84. The lowest BCUT2D eigenvalue weighted by Gasteiger charge is -1.98. The van der Waals surface area contributed by atoms with E-state index < -0.39 is 0 Å². The molecule has 0 spiro atoms. The van der Waals surface area contributed by atoms with Crippen molar-refractivity contribution in [2.24, 2.45) is 0 Å². The van der Waals surface area contributed by atoms with E-state index in [-0.39, 0.29) is 0 Å². The summed E-state index contributed by atoms with van der Waals surface area (Å²) in [7, 11) is 0. The molecule has 77 valence electrons. The number of benzene rings is 1. The van der Waals surface area contributed by atoms with Gasteiger partial charge in [-0.2, -0.15) is 0 Å². The van der Waals surface area contributed by atoms with Gasteiger partial charge in [0.2, 0.25) is 0 Å². The molecule has 0 amide bonds. The summed E-state index contributed by atoms with van der Waals surface area (Å²) in [6.45, 7) is 0. The van der Waals surface area contributed by atoms with Crippen LogP contribution in [0.25, 0.3) is 22.6 Å². The second kappa shape index (κ2) is 3.62. The largest absolute Gasteiger partial charge is 0.345 e. The minimum atomic E-state index is 0.618. The number of rotatable bonds is 2. The van der Waals surface area contributed by atoms with E-state index in [1.54, 1.807) is 0 Å². The maximum Gasteiger partial charge on any atom is 0.174 e. The van der Waals surface area contributed by atoms with Crippen LogP contribution in [0.3, 0.4) is 0 Å². The van der Waals surface area contributed by atoms with Crippen molar-refractivity contribution in [2.45, 2.75) is 0 Å². The number of hydrogen-bond acceptors (Lipinski definition) is 4. The fourth-order valence-electron chi connectivity index (χ4n) is 1.52. The normalized spacial score (nSPS) is 10.5. The molecule has 5 heteroatoms. The Kier molecular flexibility index (Phi) is 2.00. The van der Waals surface area contributed by atoms with Gasteiger partial charge in [-0.1, -0.05) is 30.3 Å². The van der Waals surface area contributed by atoms with Gasteiger partial charge < -0.3 is 9.51 Å². The van der Waals surface area contributed by atoms with E-state index in [1.807, 2.05) is 30.3 Å². The van der Waals surface area contributed by atoms with Gasteiger partial charge in [0.05, 0.1) is 11.4 Å². The standard InChI is InChI=1S/C11H7N4O/c1-2-4-8(5-3-1)10-11(13-7-12-10)9-6-16-15-14-9/h1-6H,(H,12,13). The van der Waals surface area contributed by atoms with Crippen LogP contribution in [-0.2, 0) is 0 Å². The second-order valence-electron chi connectivity index (χ2n) is 3.23. The molecule has 2 heterocycles. The number of H-pyrrole nitrogens is 1. The smallest absolute Gasteiger partial charge is 0.174 e. The minimum Gasteiger partial charge on any atom is -0.345 e. The highest BCUT2D eigenvalue weighted by molar-refractivity contribution is 5.75. The summed E-state index contributed by atoms with van der Waals surface area (Å²) < 4.78 is 4.71. The van der Waals surface area contributed by atoms with Gasteiger partial charge in [-0.3, -0.25) is 0 Å². The molecule has 0 aliphatic carbocycles. The second-order valence-corrected chi connectivity index (χ2v) is 3.23. The molecule has 5 nitrogen and oxygen atoms in total. The fourth-order valence-corrected chi connectivity index (χ4v) is 1.52. The zero-order valence-corrected chi connectivity index (χ0v) is 8.21. The van der Waals surface area contributed by atoms with Crippen LogP contribution < -0.4 is 0 Å². The van der Waals surface area contributed by atoms with Crippen molar-refractivity contribution < 1.29 is 4.52 Å². The topological polar surface area (TPSA) is 67.6 Å². The van der Waals surface area contributed by atoms with Gasteiger partial charge >= 0.3 is 0 Å². The van der Waals surface area contributed by atoms with Gasteiger partial charge in [-0.25, -0.2) is 4.98 Å². The quantitative estimate of drug-likeness (QED) is 0.703. The van der Waals surface area contributed by atoms with Gasteiger partial charge in [0, 0.05) is 10.8 Å². The average Bonchev–Trinajstić information content (AvgIpc) is 3.01. The van der Waals surface area contributed by atoms with Crippen LogP contribution >= 0.6 is 0 Å². The highest BCUT2D eigenvalue weighted by Crippen LogP contribution is 2.26. The number of imidazole rings is 1. The minimum absolute atomic E-state index is 0.618. The Labute approximate surface area is 91.1 Å². The molecule has 0 aliphatic rings. The van der Waals surface area contributed by atoms with Crippen molar-refractivity contribution in [1.82, 2.24) is 20.3 Å². The zero-order valence-electron chi connectivity index (χ0n) is 8.21. The molecule has 0 bridgehead atoms. The summed E-state index contributed by atoms with van der Waals surface area (Å²) in [4.78, 5) is 7.06. The van der Waals surface area contributed by atoms with Crippen molar-refractivity contribution >= 4 is 0 Å². The van der Waals surface area contributed by atoms with Gasteiger partial charge in [0.1, 0.15) is 0 Å². The zero-order chi connectivity index (χ0) is 10.8. The molecule has 0 unspecified atom stereocenters. The molecular formula is C11H7N4O. The third-order valence-electron chi connectivity index (χ3n) is 2.25. The number of nitrogens with one attached hydrogen (secondary N) is 1. The van der Waals surface area contributed by atoms with Crippen LogP contribution in [0.5, 0.6) is 0 Å². The Morgan fingerprint density at radius 2 is 2.06 bits per heavy atom. The SMILES string of the molecule is [c]1nc(-c2ccccc2)c(-c2conn2)[nH]1. The Morgan fingerprint density at radius 3 is 2.81 bits per heavy atom. The van der Waals surface area contributed by atoms with E-state index >= 15 is 0 Å². The summed E-state index contributed by atoms with van der Waals surface area (Å²) >= 11 is 0. The maximum atomic E-state index is 4.71. The fraction of sp³-hybridized carbons (Fsp3) is 0. The lowest BCUT2D eigenvalue weighted by molar-refractivity contribution is 0.393. The van der Waals surface area contributed by atoms with Gasteiger partial charge in [0.25, 0.3) is 0 Å². The summed E-state index contributed by atoms with van der Waals surface area (Å²) in [5.74, 6) is 0. The maximum absolute atomic E-state index is 4.71. The molecule has 1 radical (unpaired) electrons. The molecule has 2 aromatic heterocycles. The molecule has 0 saturated heterocycles. The molecule has 1 N–H and O–H groups in total. The van der Waals surface area contributed by atoms with Crippen molar-refractivity contribution in [3.63, 3.8) is 0 Å². The lowest BCUT2D eigenvalue weighted by atomic mass is 10.1. The van der Waals surface area contributed by atoms with Gasteiger partial charge in [0.15, 0.2) is 18.3 Å². The lowest BCUT2D eigenvalue weighted by Crippen LogP contribution is -1.83. The third kappa shape index (κ3) is 1.38. The first-order valence-corrected chi connectivity index (χ1v) is 4.74. The van der Waals surface area contributed by atoms with Crippen LogP contribution in [0, 0.1) is 6.33 Å². The monoisotopic (exact) mass is 211 g/mol. The average molecular weight is 211 g/mol. The molecule has 3 rings (SSSR count). The van der Waals surface area contributed by atoms with Crippen LogP contribution in [0.4, 0.5) is 0 Å². The Morgan fingerprint density at radius 1 is 1.19 bits per heavy atom. The number of hydrogen-bond donors (Lipinski definition) is 1. The van der Waals surface area contributed by atoms with E-state index in [9.17, 15) is 0 Å². The summed E-state index contributed by atoms with van der Waals surface area (Å²) in [5, 5.41) is 7.26. The molecular weight excluding hydrogens is 204 g/mol. The highest BCUT2D eigenvalue weighted by atomic mass is 16.5. The van der Waals surface area contributed by atoms with Crippen molar-refractivity contribution in [3.8, 4) is 22.6 Å². The molecule has 0 aliphatic heterocycles. The molecule has 0 saturated carbocycles. The number of nitrogens with zero attached hydrogens (tertiary/aromatic N) is 3. The summed E-state index contributed by atoms with van der Waals surface area (Å²) in [6, 6.07) is 9.81. The molecule has 1 aromatic carbocycles. The molecule has 3 aromatic rings. The molecule has 0 atom stereocenters. The van der Waals surface area contributed by atoms with Crippen LogP contribution in [0.2, 0.25) is 0 Å². The van der Waals surface area contributed by atoms with E-state index in [2.05, 4.69) is 26.7 Å². The Hall–Kier alpha value is -2.43. The third-order valence-corrected chi connectivity index (χ3v) is 2.25. The highest BCUT2D eigenvalue weighted by Gasteiger charge is 2.12. The van der Waals surface area contributed by atoms with E-state index in [4.69, 9.17) is 4.52 Å². The molecule has 0 fully saturated rings.